The molecule has 0 saturated carbocycles. The topological polar surface area (TPSA) is 50.3 Å². The maximum Gasteiger partial charge on any atom is 0.186 e. The molecule has 0 aromatic carbocycles. The van der Waals surface area contributed by atoms with E-state index in [4.69, 9.17) is 4.74 Å². The molecule has 6 heteroatoms. The zero-order chi connectivity index (χ0) is 13.7. The summed E-state index contributed by atoms with van der Waals surface area (Å²) in [7, 11) is 0. The van der Waals surface area contributed by atoms with Gasteiger partial charge >= 0.3 is 0 Å². The van der Waals surface area contributed by atoms with Crippen molar-refractivity contribution in [1.82, 2.24) is 15.3 Å². The minimum absolute atomic E-state index is 0.115. The third-order valence-electron chi connectivity index (χ3n) is 3.25. The van der Waals surface area contributed by atoms with E-state index in [2.05, 4.69) is 22.2 Å². The van der Waals surface area contributed by atoms with Crippen molar-refractivity contribution < 1.29 is 9.13 Å². The van der Waals surface area contributed by atoms with Crippen LogP contribution in [0.1, 0.15) is 19.0 Å². The fourth-order valence-corrected chi connectivity index (χ4v) is 2.19. The van der Waals surface area contributed by atoms with E-state index in [1.54, 1.807) is 6.92 Å². The molecule has 106 valence electrons. The number of aryl methyl sites for hydroxylation is 1. The fraction of sp³-hybridized carbons (Fsp3) is 0.692. The largest absolute Gasteiger partial charge is 0.377 e. The zero-order valence-corrected chi connectivity index (χ0v) is 11.5. The minimum Gasteiger partial charge on any atom is -0.377 e. The molecule has 1 N–H and O–H groups in total. The van der Waals surface area contributed by atoms with E-state index in [9.17, 15) is 4.39 Å². The molecule has 1 unspecified atom stereocenters. The summed E-state index contributed by atoms with van der Waals surface area (Å²) in [5, 5.41) is 3.35. The van der Waals surface area contributed by atoms with Crippen LogP contribution in [0.3, 0.4) is 0 Å². The van der Waals surface area contributed by atoms with Crippen LogP contribution in [-0.2, 0) is 4.74 Å². The lowest BCUT2D eigenvalue weighted by Gasteiger charge is -2.36. The molecule has 0 amide bonds. The van der Waals surface area contributed by atoms with Gasteiger partial charge in [0.15, 0.2) is 11.6 Å². The highest BCUT2D eigenvalue weighted by atomic mass is 19.1. The number of hydrogen-bond acceptors (Lipinski definition) is 5. The first kappa shape index (κ1) is 14.1. The molecule has 1 aromatic rings. The zero-order valence-electron chi connectivity index (χ0n) is 11.5. The number of nitrogens with zero attached hydrogens (tertiary/aromatic N) is 3. The third kappa shape index (κ3) is 3.39. The van der Waals surface area contributed by atoms with Crippen molar-refractivity contribution in [3.05, 3.63) is 17.8 Å². The number of hydrogen-bond donors (Lipinski definition) is 1. The number of ether oxygens (including phenoxy) is 1. The summed E-state index contributed by atoms with van der Waals surface area (Å²) in [6.45, 7) is 7.37. The highest BCUT2D eigenvalue weighted by Gasteiger charge is 2.26. The minimum atomic E-state index is -0.329. The summed E-state index contributed by atoms with van der Waals surface area (Å²) in [6.07, 6.45) is 2.49. The Morgan fingerprint density at radius 1 is 1.53 bits per heavy atom. The summed E-state index contributed by atoms with van der Waals surface area (Å²) < 4.78 is 19.6. The van der Waals surface area contributed by atoms with Gasteiger partial charge in [-0.25, -0.2) is 14.4 Å². The Labute approximate surface area is 113 Å². The molecule has 1 saturated heterocycles. The highest BCUT2D eigenvalue weighted by molar-refractivity contribution is 5.42. The second kappa shape index (κ2) is 6.77. The monoisotopic (exact) mass is 268 g/mol. The number of rotatable bonds is 5. The van der Waals surface area contributed by atoms with Crippen molar-refractivity contribution in [2.75, 3.05) is 37.7 Å². The van der Waals surface area contributed by atoms with Gasteiger partial charge in [-0.05, 0) is 19.9 Å². The van der Waals surface area contributed by atoms with Gasteiger partial charge in [0.25, 0.3) is 0 Å². The number of halogens is 1. The van der Waals surface area contributed by atoms with Crippen LogP contribution in [0.4, 0.5) is 10.2 Å². The van der Waals surface area contributed by atoms with Crippen molar-refractivity contribution in [2.45, 2.75) is 26.3 Å². The predicted molar refractivity (Wildman–Crippen MR) is 71.8 cm³/mol. The number of morpholine rings is 1. The van der Waals surface area contributed by atoms with Crippen molar-refractivity contribution >= 4 is 5.82 Å². The Hall–Kier alpha value is -1.27. The SMILES string of the molecule is CCCNCC1COCCN1c1ncnc(C)c1F. The van der Waals surface area contributed by atoms with Crippen LogP contribution in [-0.4, -0.2) is 48.9 Å². The van der Waals surface area contributed by atoms with Gasteiger partial charge in [-0.3, -0.25) is 0 Å². The normalized spacial score (nSPS) is 19.7. The predicted octanol–water partition coefficient (Wildman–Crippen LogP) is 1.13. The molecule has 0 aliphatic carbocycles. The van der Waals surface area contributed by atoms with Crippen LogP contribution < -0.4 is 10.2 Å². The summed E-state index contributed by atoms with van der Waals surface area (Å²) in [6, 6.07) is 0.115. The van der Waals surface area contributed by atoms with Crippen LogP contribution in [0.2, 0.25) is 0 Å². The van der Waals surface area contributed by atoms with Crippen LogP contribution in [0.15, 0.2) is 6.33 Å². The van der Waals surface area contributed by atoms with E-state index < -0.39 is 0 Å². The van der Waals surface area contributed by atoms with Crippen LogP contribution in [0.5, 0.6) is 0 Å². The van der Waals surface area contributed by atoms with Gasteiger partial charge in [-0.15, -0.1) is 0 Å². The van der Waals surface area contributed by atoms with E-state index in [-0.39, 0.29) is 11.9 Å². The average molecular weight is 268 g/mol. The van der Waals surface area contributed by atoms with E-state index in [0.29, 0.717) is 31.3 Å². The van der Waals surface area contributed by atoms with Gasteiger partial charge < -0.3 is 15.0 Å². The van der Waals surface area contributed by atoms with Crippen molar-refractivity contribution in [2.24, 2.45) is 0 Å². The van der Waals surface area contributed by atoms with E-state index in [1.807, 2.05) is 4.90 Å². The molecule has 2 heterocycles. The fourth-order valence-electron chi connectivity index (χ4n) is 2.19. The van der Waals surface area contributed by atoms with E-state index in [0.717, 1.165) is 19.5 Å². The van der Waals surface area contributed by atoms with E-state index in [1.165, 1.54) is 6.33 Å². The first-order chi connectivity index (χ1) is 9.24. The van der Waals surface area contributed by atoms with E-state index >= 15 is 0 Å². The molecular formula is C13H21FN4O. The lowest BCUT2D eigenvalue weighted by molar-refractivity contribution is 0.0929. The third-order valence-corrected chi connectivity index (χ3v) is 3.25. The molecular weight excluding hydrogens is 247 g/mol. The number of nitrogens with one attached hydrogen (secondary N) is 1. The Morgan fingerprint density at radius 2 is 2.37 bits per heavy atom. The lowest BCUT2D eigenvalue weighted by atomic mass is 10.2. The lowest BCUT2D eigenvalue weighted by Crippen LogP contribution is -2.51. The molecule has 0 spiro atoms. The molecule has 0 radical (unpaired) electrons. The smallest absolute Gasteiger partial charge is 0.186 e. The molecule has 1 aliphatic heterocycles. The quantitative estimate of drug-likeness (QED) is 0.811. The molecule has 1 atom stereocenters. The summed E-state index contributed by atoms with van der Waals surface area (Å²) in [5.74, 6) is 0.0592. The molecule has 19 heavy (non-hydrogen) atoms. The van der Waals surface area contributed by atoms with Crippen LogP contribution >= 0.6 is 0 Å². The van der Waals surface area contributed by atoms with Gasteiger partial charge in [0.05, 0.1) is 24.9 Å². The van der Waals surface area contributed by atoms with Crippen molar-refractivity contribution in [3.8, 4) is 0 Å². The molecule has 1 aromatic heterocycles. The van der Waals surface area contributed by atoms with Gasteiger partial charge in [0, 0.05) is 13.1 Å². The first-order valence-corrected chi connectivity index (χ1v) is 6.76. The molecule has 0 bridgehead atoms. The van der Waals surface area contributed by atoms with Gasteiger partial charge in [-0.2, -0.15) is 0 Å². The molecule has 2 rings (SSSR count). The molecule has 1 fully saturated rings. The second-order valence-corrected chi connectivity index (χ2v) is 4.72. The van der Waals surface area contributed by atoms with Crippen molar-refractivity contribution in [1.29, 1.82) is 0 Å². The average Bonchev–Trinajstić information content (AvgIpc) is 2.43. The maximum atomic E-state index is 14.1. The maximum absolute atomic E-state index is 14.1. The van der Waals surface area contributed by atoms with Crippen molar-refractivity contribution in [3.63, 3.8) is 0 Å². The summed E-state index contributed by atoms with van der Waals surface area (Å²) >= 11 is 0. The van der Waals surface area contributed by atoms with Crippen LogP contribution in [0, 0.1) is 12.7 Å². The molecule has 5 nitrogen and oxygen atoms in total. The highest BCUT2D eigenvalue weighted by Crippen LogP contribution is 2.21. The Balaban J connectivity index is 2.12. The van der Waals surface area contributed by atoms with Gasteiger partial charge in [0.1, 0.15) is 6.33 Å². The number of anilines is 1. The number of aromatic nitrogens is 2. The Bertz CT molecular complexity index is 416. The van der Waals surface area contributed by atoms with Crippen LogP contribution in [0.25, 0.3) is 0 Å². The van der Waals surface area contributed by atoms with Gasteiger partial charge in [0.2, 0.25) is 0 Å². The second-order valence-electron chi connectivity index (χ2n) is 4.72. The summed E-state index contributed by atoms with van der Waals surface area (Å²) in [5.41, 5.74) is 0.386. The Morgan fingerprint density at radius 3 is 3.16 bits per heavy atom. The Kier molecular flexibility index (Phi) is 5.04. The standard InChI is InChI=1S/C13H21FN4O/c1-3-4-15-7-11-8-19-6-5-18(11)13-12(14)10(2)16-9-17-13/h9,11,15H,3-8H2,1-2H3. The van der Waals surface area contributed by atoms with Gasteiger partial charge in [-0.1, -0.05) is 6.92 Å². The molecule has 1 aliphatic rings. The summed E-state index contributed by atoms with van der Waals surface area (Å²) in [4.78, 5) is 9.96. The first-order valence-electron chi connectivity index (χ1n) is 6.76.